The van der Waals surface area contributed by atoms with Crippen molar-refractivity contribution in [2.24, 2.45) is 0 Å². The topological polar surface area (TPSA) is 102 Å². The standard InChI is InChI=1S/C20H16N6O2S/c27-17(24-25-19(28)14-7-3-1-4-8-14)12-29-20-16-11-23-26(18(16)21-13-22-20)15-9-5-2-6-10-15/h1-11,13H,12H2,(H,24,27)(H,25,28). The summed E-state index contributed by atoms with van der Waals surface area (Å²) in [6, 6.07) is 18.3. The smallest absolute Gasteiger partial charge is 0.269 e. The number of nitrogens with one attached hydrogen (secondary N) is 2. The van der Waals surface area contributed by atoms with Crippen molar-refractivity contribution in [2.75, 3.05) is 5.75 Å². The summed E-state index contributed by atoms with van der Waals surface area (Å²) in [4.78, 5) is 32.7. The van der Waals surface area contributed by atoms with E-state index in [0.717, 1.165) is 11.1 Å². The van der Waals surface area contributed by atoms with Crippen molar-refractivity contribution in [3.63, 3.8) is 0 Å². The molecule has 4 rings (SSSR count). The fraction of sp³-hybridized carbons (Fsp3) is 0.0500. The van der Waals surface area contributed by atoms with Gasteiger partial charge in [0.1, 0.15) is 11.4 Å². The first-order chi connectivity index (χ1) is 14.2. The average molecular weight is 404 g/mol. The third kappa shape index (κ3) is 4.25. The summed E-state index contributed by atoms with van der Waals surface area (Å²) in [5.74, 6) is -0.642. The molecule has 2 aromatic heterocycles. The Morgan fingerprint density at radius 2 is 1.66 bits per heavy atom. The number of hydrazine groups is 1. The Hall–Kier alpha value is -3.72. The quantitative estimate of drug-likeness (QED) is 0.301. The second-order valence-electron chi connectivity index (χ2n) is 5.97. The van der Waals surface area contributed by atoms with E-state index in [0.29, 0.717) is 16.2 Å². The zero-order valence-electron chi connectivity index (χ0n) is 15.1. The molecule has 0 saturated heterocycles. The second kappa shape index (κ2) is 8.53. The summed E-state index contributed by atoms with van der Waals surface area (Å²) < 4.78 is 1.72. The molecule has 0 unspecified atom stereocenters. The van der Waals surface area contributed by atoms with Crippen LogP contribution in [0.1, 0.15) is 10.4 Å². The van der Waals surface area contributed by atoms with Crippen LogP contribution in [0.4, 0.5) is 0 Å². The van der Waals surface area contributed by atoms with E-state index < -0.39 is 0 Å². The Morgan fingerprint density at radius 1 is 0.931 bits per heavy atom. The number of para-hydroxylation sites is 1. The Labute approximate surface area is 170 Å². The molecule has 0 aliphatic rings. The Bertz CT molecular complexity index is 1150. The zero-order chi connectivity index (χ0) is 20.1. The number of hydrogen-bond acceptors (Lipinski definition) is 6. The van der Waals surface area contributed by atoms with Crippen LogP contribution in [0.3, 0.4) is 0 Å². The minimum atomic E-state index is -0.377. The summed E-state index contributed by atoms with van der Waals surface area (Å²) in [6.07, 6.45) is 3.13. The fourth-order valence-corrected chi connectivity index (χ4v) is 3.42. The maximum absolute atomic E-state index is 12.1. The minimum absolute atomic E-state index is 0.0811. The molecule has 144 valence electrons. The highest BCUT2D eigenvalue weighted by Gasteiger charge is 2.13. The molecule has 0 saturated carbocycles. The number of carbonyl (C=O) groups excluding carboxylic acids is 2. The zero-order valence-corrected chi connectivity index (χ0v) is 16.0. The van der Waals surface area contributed by atoms with E-state index in [9.17, 15) is 9.59 Å². The largest absolute Gasteiger partial charge is 0.272 e. The van der Waals surface area contributed by atoms with Gasteiger partial charge in [-0.3, -0.25) is 20.4 Å². The van der Waals surface area contributed by atoms with Gasteiger partial charge in [0.15, 0.2) is 5.65 Å². The Morgan fingerprint density at radius 3 is 2.41 bits per heavy atom. The van der Waals surface area contributed by atoms with Crippen molar-refractivity contribution >= 4 is 34.6 Å². The van der Waals surface area contributed by atoms with Gasteiger partial charge in [-0.05, 0) is 24.3 Å². The van der Waals surface area contributed by atoms with Crippen LogP contribution in [0.5, 0.6) is 0 Å². The SMILES string of the molecule is O=C(CSc1ncnc2c1cnn2-c1ccccc1)NNC(=O)c1ccccc1. The van der Waals surface area contributed by atoms with E-state index >= 15 is 0 Å². The van der Waals surface area contributed by atoms with E-state index in [2.05, 4.69) is 25.9 Å². The van der Waals surface area contributed by atoms with Gasteiger partial charge >= 0.3 is 0 Å². The molecule has 9 heteroatoms. The Kier molecular flexibility index (Phi) is 5.48. The highest BCUT2D eigenvalue weighted by molar-refractivity contribution is 8.00. The van der Waals surface area contributed by atoms with Crippen LogP contribution in [-0.2, 0) is 4.79 Å². The lowest BCUT2D eigenvalue weighted by molar-refractivity contribution is -0.119. The number of carbonyl (C=O) groups is 2. The number of hydrogen-bond donors (Lipinski definition) is 2. The summed E-state index contributed by atoms with van der Waals surface area (Å²) in [5, 5.41) is 5.78. The lowest BCUT2D eigenvalue weighted by Gasteiger charge is -2.07. The van der Waals surface area contributed by atoms with Crippen LogP contribution in [0, 0.1) is 0 Å². The van der Waals surface area contributed by atoms with Crippen LogP contribution >= 0.6 is 11.8 Å². The van der Waals surface area contributed by atoms with E-state index in [-0.39, 0.29) is 17.6 Å². The van der Waals surface area contributed by atoms with Crippen molar-refractivity contribution in [3.05, 3.63) is 78.8 Å². The molecule has 4 aromatic rings. The number of nitrogens with zero attached hydrogens (tertiary/aromatic N) is 4. The molecule has 0 bridgehead atoms. The van der Waals surface area contributed by atoms with Crippen LogP contribution in [0.2, 0.25) is 0 Å². The lowest BCUT2D eigenvalue weighted by atomic mass is 10.2. The molecule has 0 fully saturated rings. The number of rotatable bonds is 5. The first-order valence-corrected chi connectivity index (χ1v) is 9.72. The number of fused-ring (bicyclic) bond motifs is 1. The molecule has 8 nitrogen and oxygen atoms in total. The second-order valence-corrected chi connectivity index (χ2v) is 6.93. The van der Waals surface area contributed by atoms with Gasteiger partial charge < -0.3 is 0 Å². The number of benzene rings is 2. The van der Waals surface area contributed by atoms with Crippen molar-refractivity contribution in [1.29, 1.82) is 0 Å². The normalized spacial score (nSPS) is 10.6. The third-order valence-corrected chi connectivity index (χ3v) is 5.03. The van der Waals surface area contributed by atoms with Gasteiger partial charge in [-0.1, -0.05) is 48.2 Å². The monoisotopic (exact) mass is 404 g/mol. The van der Waals surface area contributed by atoms with Gasteiger partial charge in [0.2, 0.25) is 5.91 Å². The van der Waals surface area contributed by atoms with Crippen LogP contribution in [0.15, 0.2) is 78.2 Å². The molecule has 0 aliphatic carbocycles. The van der Waals surface area contributed by atoms with Crippen LogP contribution < -0.4 is 10.9 Å². The molecule has 0 radical (unpaired) electrons. The molecular weight excluding hydrogens is 388 g/mol. The predicted molar refractivity (Wildman–Crippen MR) is 109 cm³/mol. The van der Waals surface area contributed by atoms with Gasteiger partial charge in [-0.15, -0.1) is 0 Å². The van der Waals surface area contributed by atoms with E-state index in [1.54, 1.807) is 35.1 Å². The van der Waals surface area contributed by atoms with Crippen LogP contribution in [0.25, 0.3) is 16.7 Å². The van der Waals surface area contributed by atoms with E-state index in [4.69, 9.17) is 0 Å². The maximum Gasteiger partial charge on any atom is 0.269 e. The summed E-state index contributed by atoms with van der Waals surface area (Å²) in [7, 11) is 0. The molecule has 2 amide bonds. The highest BCUT2D eigenvalue weighted by Crippen LogP contribution is 2.25. The van der Waals surface area contributed by atoms with Crippen molar-refractivity contribution in [3.8, 4) is 5.69 Å². The average Bonchev–Trinajstić information content (AvgIpc) is 3.22. The molecular formula is C20H16N6O2S. The van der Waals surface area contributed by atoms with Crippen molar-refractivity contribution in [1.82, 2.24) is 30.6 Å². The molecule has 29 heavy (non-hydrogen) atoms. The van der Waals surface area contributed by atoms with E-state index in [1.807, 2.05) is 36.4 Å². The molecule has 2 aromatic carbocycles. The van der Waals surface area contributed by atoms with Gasteiger partial charge in [0.05, 0.1) is 23.0 Å². The van der Waals surface area contributed by atoms with Crippen molar-refractivity contribution in [2.45, 2.75) is 5.03 Å². The van der Waals surface area contributed by atoms with Gasteiger partial charge in [0.25, 0.3) is 5.91 Å². The third-order valence-electron chi connectivity index (χ3n) is 4.02. The molecule has 2 N–H and O–H groups in total. The maximum atomic E-state index is 12.1. The lowest BCUT2D eigenvalue weighted by Crippen LogP contribution is -2.42. The number of amides is 2. The molecule has 0 spiro atoms. The molecule has 0 aliphatic heterocycles. The summed E-state index contributed by atoms with van der Waals surface area (Å²) >= 11 is 1.25. The van der Waals surface area contributed by atoms with Crippen LogP contribution in [-0.4, -0.2) is 37.3 Å². The number of thioether (sulfide) groups is 1. The molecule has 0 atom stereocenters. The fourth-order valence-electron chi connectivity index (χ4n) is 2.65. The highest BCUT2D eigenvalue weighted by atomic mass is 32.2. The number of aromatic nitrogens is 4. The van der Waals surface area contributed by atoms with Gasteiger partial charge in [0, 0.05) is 5.56 Å². The predicted octanol–water partition coefficient (Wildman–Crippen LogP) is 2.37. The molecule has 2 heterocycles. The van der Waals surface area contributed by atoms with Gasteiger partial charge in [-0.25, -0.2) is 14.6 Å². The first-order valence-electron chi connectivity index (χ1n) is 8.73. The van der Waals surface area contributed by atoms with Gasteiger partial charge in [-0.2, -0.15) is 5.10 Å². The van der Waals surface area contributed by atoms with E-state index in [1.165, 1.54) is 18.1 Å². The Balaban J connectivity index is 1.40. The minimum Gasteiger partial charge on any atom is -0.272 e. The van der Waals surface area contributed by atoms with Crippen molar-refractivity contribution < 1.29 is 9.59 Å². The first kappa shape index (κ1) is 18.6. The summed E-state index contributed by atoms with van der Waals surface area (Å²) in [6.45, 7) is 0. The summed E-state index contributed by atoms with van der Waals surface area (Å²) in [5.41, 5.74) is 6.81.